The van der Waals surface area contributed by atoms with Crippen LogP contribution in [-0.4, -0.2) is 11.1 Å². The molecule has 0 saturated heterocycles. The third-order valence-corrected chi connectivity index (χ3v) is 2.92. The summed E-state index contributed by atoms with van der Waals surface area (Å²) in [4.78, 5) is 11.3. The van der Waals surface area contributed by atoms with Gasteiger partial charge in [-0.1, -0.05) is 5.16 Å². The molecule has 0 unspecified atom stereocenters. The van der Waals surface area contributed by atoms with E-state index in [0.717, 1.165) is 0 Å². The maximum atomic E-state index is 13.9. The molecule has 1 amide bonds. The standard InChI is InChI=1S/C12H5ClF6N2O2/c13-11(15,16)9-7(10(20)22)8(21-23-9)5-2-1-4(3-6(5)14)12(17,18)19/h1-3H,(H2,20,22). The van der Waals surface area contributed by atoms with Gasteiger partial charge in [0.15, 0.2) is 0 Å². The van der Waals surface area contributed by atoms with Crippen LogP contribution >= 0.6 is 11.6 Å². The van der Waals surface area contributed by atoms with Crippen molar-refractivity contribution < 1.29 is 35.7 Å². The molecule has 2 N–H and O–H groups in total. The minimum atomic E-state index is -4.82. The van der Waals surface area contributed by atoms with Gasteiger partial charge in [-0.25, -0.2) is 4.39 Å². The molecule has 4 nitrogen and oxygen atoms in total. The second kappa shape index (κ2) is 5.44. The van der Waals surface area contributed by atoms with Crippen LogP contribution in [0.5, 0.6) is 0 Å². The van der Waals surface area contributed by atoms with E-state index in [1.54, 1.807) is 0 Å². The van der Waals surface area contributed by atoms with Gasteiger partial charge in [0.2, 0.25) is 5.76 Å². The third-order valence-electron chi connectivity index (χ3n) is 2.75. The third kappa shape index (κ3) is 3.26. The van der Waals surface area contributed by atoms with E-state index in [1.165, 1.54) is 0 Å². The number of nitrogens with two attached hydrogens (primary N) is 1. The summed E-state index contributed by atoms with van der Waals surface area (Å²) < 4.78 is 81.7. The SMILES string of the molecule is NC(=O)c1c(-c2ccc(C(F)(F)F)cc2F)noc1C(F)(F)Cl. The first-order valence-electron chi connectivity index (χ1n) is 5.66. The number of primary amides is 1. The largest absolute Gasteiger partial charge is 0.416 e. The molecular formula is C12H5ClF6N2O2. The van der Waals surface area contributed by atoms with Gasteiger partial charge in [0, 0.05) is 5.56 Å². The van der Waals surface area contributed by atoms with E-state index < -0.39 is 51.4 Å². The molecule has 1 heterocycles. The second-order valence-electron chi connectivity index (χ2n) is 4.29. The van der Waals surface area contributed by atoms with Gasteiger partial charge in [-0.15, -0.1) is 0 Å². The lowest BCUT2D eigenvalue weighted by atomic mass is 10.0. The van der Waals surface area contributed by atoms with E-state index in [1.807, 2.05) is 0 Å². The molecule has 0 saturated carbocycles. The van der Waals surface area contributed by atoms with E-state index in [9.17, 15) is 31.1 Å². The molecule has 0 aliphatic heterocycles. The summed E-state index contributed by atoms with van der Waals surface area (Å²) in [7, 11) is 0. The molecule has 1 aromatic carbocycles. The van der Waals surface area contributed by atoms with Crippen LogP contribution in [0.25, 0.3) is 11.3 Å². The zero-order chi connectivity index (χ0) is 17.6. The number of carbonyl (C=O) groups is 1. The average molecular weight is 359 g/mol. The highest BCUT2D eigenvalue weighted by molar-refractivity contribution is 6.22. The molecule has 0 atom stereocenters. The first kappa shape index (κ1) is 17.1. The van der Waals surface area contributed by atoms with Gasteiger partial charge in [0.25, 0.3) is 5.91 Å². The van der Waals surface area contributed by atoms with Gasteiger partial charge < -0.3 is 10.3 Å². The molecule has 2 aromatic rings. The summed E-state index contributed by atoms with van der Waals surface area (Å²) in [6.07, 6.45) is -4.82. The Morgan fingerprint density at radius 2 is 1.83 bits per heavy atom. The highest BCUT2D eigenvalue weighted by atomic mass is 35.5. The number of aromatic nitrogens is 1. The van der Waals surface area contributed by atoms with E-state index in [2.05, 4.69) is 9.68 Å². The van der Waals surface area contributed by atoms with Crippen molar-refractivity contribution in [3.05, 3.63) is 40.9 Å². The van der Waals surface area contributed by atoms with Crippen LogP contribution < -0.4 is 5.73 Å². The predicted octanol–water partition coefficient (Wildman–Crippen LogP) is 3.89. The number of amides is 1. The molecule has 0 bridgehead atoms. The van der Waals surface area contributed by atoms with Crippen molar-refractivity contribution in [1.29, 1.82) is 0 Å². The van der Waals surface area contributed by atoms with Crippen LogP contribution in [0.4, 0.5) is 26.3 Å². The average Bonchev–Trinajstić information content (AvgIpc) is 2.81. The molecule has 0 aliphatic carbocycles. The predicted molar refractivity (Wildman–Crippen MR) is 65.2 cm³/mol. The van der Waals surface area contributed by atoms with Crippen molar-refractivity contribution in [3.63, 3.8) is 0 Å². The molecule has 11 heteroatoms. The fraction of sp³-hybridized carbons (Fsp3) is 0.167. The lowest BCUT2D eigenvalue weighted by Gasteiger charge is -2.08. The summed E-state index contributed by atoms with van der Waals surface area (Å²) in [6, 6.07) is 1.21. The van der Waals surface area contributed by atoms with Gasteiger partial charge in [-0.3, -0.25) is 4.79 Å². The van der Waals surface area contributed by atoms with Crippen LogP contribution in [0.15, 0.2) is 22.7 Å². The fourth-order valence-corrected chi connectivity index (χ4v) is 1.91. The van der Waals surface area contributed by atoms with E-state index >= 15 is 0 Å². The maximum Gasteiger partial charge on any atom is 0.416 e. The molecule has 0 spiro atoms. The zero-order valence-electron chi connectivity index (χ0n) is 10.7. The Bertz CT molecular complexity index is 766. The summed E-state index contributed by atoms with van der Waals surface area (Å²) >= 11 is 4.72. The van der Waals surface area contributed by atoms with Crippen molar-refractivity contribution >= 4 is 17.5 Å². The number of nitrogens with zero attached hydrogens (tertiary/aromatic N) is 1. The summed E-state index contributed by atoms with van der Waals surface area (Å²) in [5.41, 5.74) is 1.11. The molecule has 23 heavy (non-hydrogen) atoms. The number of hydrogen-bond acceptors (Lipinski definition) is 3. The fourth-order valence-electron chi connectivity index (χ4n) is 1.78. The Labute approximate surface area is 128 Å². The van der Waals surface area contributed by atoms with Crippen molar-refractivity contribution in [2.24, 2.45) is 5.73 Å². The van der Waals surface area contributed by atoms with Gasteiger partial charge in [-0.05, 0) is 29.8 Å². The Morgan fingerprint density at radius 1 is 1.22 bits per heavy atom. The van der Waals surface area contributed by atoms with E-state index in [-0.39, 0.29) is 6.07 Å². The maximum absolute atomic E-state index is 13.9. The summed E-state index contributed by atoms with van der Waals surface area (Å²) in [5, 5.41) is -1.10. The first-order chi connectivity index (χ1) is 10.4. The van der Waals surface area contributed by atoms with Crippen LogP contribution in [0.1, 0.15) is 21.7 Å². The molecular weight excluding hydrogens is 354 g/mol. The molecule has 0 aliphatic rings. The molecule has 0 fully saturated rings. The van der Waals surface area contributed by atoms with Crippen molar-refractivity contribution in [1.82, 2.24) is 5.16 Å². The minimum Gasteiger partial charge on any atom is -0.365 e. The van der Waals surface area contributed by atoms with Gasteiger partial charge in [0.1, 0.15) is 17.1 Å². The molecule has 2 rings (SSSR count). The molecule has 124 valence electrons. The Hall–Kier alpha value is -2.23. The minimum absolute atomic E-state index is 0.118. The smallest absolute Gasteiger partial charge is 0.365 e. The number of rotatable bonds is 3. The number of hydrogen-bond donors (Lipinski definition) is 1. The zero-order valence-corrected chi connectivity index (χ0v) is 11.5. The van der Waals surface area contributed by atoms with Crippen LogP contribution in [0.2, 0.25) is 0 Å². The second-order valence-corrected chi connectivity index (χ2v) is 4.76. The van der Waals surface area contributed by atoms with Gasteiger partial charge in [0.05, 0.1) is 5.56 Å². The van der Waals surface area contributed by atoms with Crippen LogP contribution in [-0.2, 0) is 11.6 Å². The Kier molecular flexibility index (Phi) is 4.05. The Balaban J connectivity index is 2.64. The first-order valence-corrected chi connectivity index (χ1v) is 6.04. The normalized spacial score (nSPS) is 12.5. The van der Waals surface area contributed by atoms with Crippen molar-refractivity contribution in [2.75, 3.05) is 0 Å². The van der Waals surface area contributed by atoms with E-state index in [0.29, 0.717) is 12.1 Å². The van der Waals surface area contributed by atoms with Crippen LogP contribution in [0.3, 0.4) is 0 Å². The summed E-state index contributed by atoms with van der Waals surface area (Å²) in [5.74, 6) is -4.35. The highest BCUT2D eigenvalue weighted by Crippen LogP contribution is 2.39. The quantitative estimate of drug-likeness (QED) is 0.668. The van der Waals surface area contributed by atoms with Gasteiger partial charge in [-0.2, -0.15) is 22.0 Å². The highest BCUT2D eigenvalue weighted by Gasteiger charge is 2.41. The number of halogens is 7. The lowest BCUT2D eigenvalue weighted by Crippen LogP contribution is -2.17. The van der Waals surface area contributed by atoms with E-state index in [4.69, 9.17) is 17.3 Å². The van der Waals surface area contributed by atoms with Crippen LogP contribution in [0, 0.1) is 5.82 Å². The van der Waals surface area contributed by atoms with Crippen molar-refractivity contribution in [3.8, 4) is 11.3 Å². The number of benzene rings is 1. The summed E-state index contributed by atoms with van der Waals surface area (Å²) in [6.45, 7) is 0. The monoisotopic (exact) mass is 358 g/mol. The number of alkyl halides is 6. The van der Waals surface area contributed by atoms with Gasteiger partial charge >= 0.3 is 11.6 Å². The topological polar surface area (TPSA) is 69.1 Å². The number of carbonyl (C=O) groups excluding carboxylic acids is 1. The molecule has 0 radical (unpaired) electrons. The van der Waals surface area contributed by atoms with Crippen molar-refractivity contribution in [2.45, 2.75) is 11.6 Å². The lowest BCUT2D eigenvalue weighted by molar-refractivity contribution is -0.137. The Morgan fingerprint density at radius 3 is 2.26 bits per heavy atom. The molecule has 1 aromatic heterocycles.